The Morgan fingerprint density at radius 3 is 3.11 bits per heavy atom. The van der Waals surface area contributed by atoms with E-state index in [0.717, 1.165) is 31.8 Å². The van der Waals surface area contributed by atoms with Crippen LogP contribution < -0.4 is 5.32 Å². The van der Waals surface area contributed by atoms with E-state index in [1.54, 1.807) is 6.20 Å². The maximum atomic E-state index is 11.9. The van der Waals surface area contributed by atoms with Crippen LogP contribution in [0.1, 0.15) is 25.6 Å². The molecule has 1 aliphatic heterocycles. The largest absolute Gasteiger partial charge is 0.338 e. The molecular weight excluding hydrogens is 228 g/mol. The summed E-state index contributed by atoms with van der Waals surface area (Å²) < 4.78 is 1.98. The lowest BCUT2D eigenvalue weighted by molar-refractivity contribution is 0.170. The van der Waals surface area contributed by atoms with E-state index >= 15 is 0 Å². The molecule has 2 heterocycles. The van der Waals surface area contributed by atoms with Gasteiger partial charge in [0, 0.05) is 45.5 Å². The van der Waals surface area contributed by atoms with Crippen molar-refractivity contribution in [3.05, 3.63) is 18.2 Å². The van der Waals surface area contributed by atoms with Gasteiger partial charge in [-0.05, 0) is 18.8 Å². The van der Waals surface area contributed by atoms with Gasteiger partial charge in [0.2, 0.25) is 0 Å². The van der Waals surface area contributed by atoms with Crippen molar-refractivity contribution in [1.29, 1.82) is 0 Å². The van der Waals surface area contributed by atoms with E-state index in [2.05, 4.69) is 17.2 Å². The molecule has 1 N–H and O–H groups in total. The van der Waals surface area contributed by atoms with Gasteiger partial charge in [0.15, 0.2) is 0 Å². The van der Waals surface area contributed by atoms with Crippen molar-refractivity contribution in [3.8, 4) is 0 Å². The molecule has 0 aromatic carbocycles. The first-order chi connectivity index (χ1) is 8.66. The van der Waals surface area contributed by atoms with Gasteiger partial charge < -0.3 is 14.8 Å². The third kappa shape index (κ3) is 3.24. The van der Waals surface area contributed by atoms with Crippen molar-refractivity contribution in [3.63, 3.8) is 0 Å². The SMILES string of the molecule is CC1CCCN(C(=O)NCCc2nccn2C)C1. The second-order valence-corrected chi connectivity index (χ2v) is 5.13. The normalized spacial score (nSPS) is 19.9. The Balaban J connectivity index is 1.73. The fourth-order valence-electron chi connectivity index (χ4n) is 2.40. The number of nitrogens with one attached hydrogen (secondary N) is 1. The van der Waals surface area contributed by atoms with Crippen LogP contribution in [0.25, 0.3) is 0 Å². The van der Waals surface area contributed by atoms with E-state index in [-0.39, 0.29) is 6.03 Å². The molecule has 0 spiro atoms. The number of carbonyl (C=O) groups is 1. The highest BCUT2D eigenvalue weighted by atomic mass is 16.2. The second kappa shape index (κ2) is 5.89. The van der Waals surface area contributed by atoms with Crippen LogP contribution in [0.5, 0.6) is 0 Å². The quantitative estimate of drug-likeness (QED) is 0.881. The van der Waals surface area contributed by atoms with Crippen LogP contribution in [0.2, 0.25) is 0 Å². The third-order valence-electron chi connectivity index (χ3n) is 3.49. The average Bonchev–Trinajstić information content (AvgIpc) is 2.75. The standard InChI is InChI=1S/C13H22N4O/c1-11-4-3-8-17(10-11)13(18)15-6-5-12-14-7-9-16(12)2/h7,9,11H,3-6,8,10H2,1-2H3,(H,15,18). The molecule has 1 aromatic heterocycles. The lowest BCUT2D eigenvalue weighted by Gasteiger charge is -2.30. The summed E-state index contributed by atoms with van der Waals surface area (Å²) in [5, 5.41) is 2.97. The van der Waals surface area contributed by atoms with E-state index < -0.39 is 0 Å². The van der Waals surface area contributed by atoms with Gasteiger partial charge in [-0.2, -0.15) is 0 Å². The third-order valence-corrected chi connectivity index (χ3v) is 3.49. The summed E-state index contributed by atoms with van der Waals surface area (Å²) in [5.41, 5.74) is 0. The van der Waals surface area contributed by atoms with Gasteiger partial charge in [-0.15, -0.1) is 0 Å². The molecule has 1 aliphatic rings. The van der Waals surface area contributed by atoms with Crippen LogP contribution in [0.3, 0.4) is 0 Å². The fourth-order valence-corrected chi connectivity index (χ4v) is 2.40. The Kier molecular flexibility index (Phi) is 4.23. The molecule has 100 valence electrons. The van der Waals surface area contributed by atoms with E-state index in [1.165, 1.54) is 6.42 Å². The molecule has 0 aliphatic carbocycles. The van der Waals surface area contributed by atoms with Gasteiger partial charge in [0.1, 0.15) is 5.82 Å². The first-order valence-corrected chi connectivity index (χ1v) is 6.66. The number of imidazole rings is 1. The summed E-state index contributed by atoms with van der Waals surface area (Å²) in [4.78, 5) is 18.1. The zero-order chi connectivity index (χ0) is 13.0. The zero-order valence-electron chi connectivity index (χ0n) is 11.2. The summed E-state index contributed by atoms with van der Waals surface area (Å²) in [6, 6.07) is 0.0655. The molecule has 1 fully saturated rings. The number of amides is 2. The van der Waals surface area contributed by atoms with Crippen LogP contribution in [0.4, 0.5) is 4.79 Å². The lowest BCUT2D eigenvalue weighted by atomic mass is 10.0. The second-order valence-electron chi connectivity index (χ2n) is 5.13. The van der Waals surface area contributed by atoms with Gasteiger partial charge in [0.25, 0.3) is 0 Å². The number of likely N-dealkylation sites (tertiary alicyclic amines) is 1. The molecule has 1 saturated heterocycles. The lowest BCUT2D eigenvalue weighted by Crippen LogP contribution is -2.45. The number of piperidine rings is 1. The first-order valence-electron chi connectivity index (χ1n) is 6.66. The van der Waals surface area contributed by atoms with Gasteiger partial charge in [-0.1, -0.05) is 6.92 Å². The number of carbonyl (C=O) groups excluding carboxylic acids is 1. The summed E-state index contributed by atoms with van der Waals surface area (Å²) in [6.07, 6.45) is 6.83. The molecule has 18 heavy (non-hydrogen) atoms. The molecule has 5 nitrogen and oxygen atoms in total. The number of aromatic nitrogens is 2. The van der Waals surface area contributed by atoms with Gasteiger partial charge in [0.05, 0.1) is 0 Å². The van der Waals surface area contributed by atoms with Gasteiger partial charge >= 0.3 is 6.03 Å². The number of hydrogen-bond acceptors (Lipinski definition) is 2. The van der Waals surface area contributed by atoms with Gasteiger partial charge in [-0.3, -0.25) is 0 Å². The molecule has 5 heteroatoms. The highest BCUT2D eigenvalue weighted by Crippen LogP contribution is 2.15. The topological polar surface area (TPSA) is 50.2 Å². The highest BCUT2D eigenvalue weighted by molar-refractivity contribution is 5.74. The summed E-state index contributed by atoms with van der Waals surface area (Å²) in [5.74, 6) is 1.63. The minimum Gasteiger partial charge on any atom is -0.338 e. The predicted octanol–water partition coefficient (Wildman–Crippen LogP) is 1.40. The Bertz CT molecular complexity index is 401. The molecule has 0 saturated carbocycles. The molecular formula is C13H22N4O. The van der Waals surface area contributed by atoms with E-state index in [0.29, 0.717) is 12.5 Å². The van der Waals surface area contributed by atoms with Crippen molar-refractivity contribution in [2.75, 3.05) is 19.6 Å². The Morgan fingerprint density at radius 1 is 1.61 bits per heavy atom. The van der Waals surface area contributed by atoms with Crippen LogP contribution in [0, 0.1) is 5.92 Å². The summed E-state index contributed by atoms with van der Waals surface area (Å²) in [7, 11) is 1.97. The number of aryl methyl sites for hydroxylation is 1. The molecule has 0 bridgehead atoms. The van der Waals surface area contributed by atoms with Crippen LogP contribution in [-0.4, -0.2) is 40.1 Å². The Labute approximate surface area is 108 Å². The van der Waals surface area contributed by atoms with Crippen molar-refractivity contribution < 1.29 is 4.79 Å². The van der Waals surface area contributed by atoms with Crippen molar-refractivity contribution >= 4 is 6.03 Å². The van der Waals surface area contributed by atoms with E-state index in [4.69, 9.17) is 0 Å². The smallest absolute Gasteiger partial charge is 0.317 e. The van der Waals surface area contributed by atoms with E-state index in [9.17, 15) is 4.79 Å². The molecule has 1 aromatic rings. The fraction of sp³-hybridized carbons (Fsp3) is 0.692. The van der Waals surface area contributed by atoms with Crippen LogP contribution in [-0.2, 0) is 13.5 Å². The Morgan fingerprint density at radius 2 is 2.44 bits per heavy atom. The van der Waals surface area contributed by atoms with Crippen LogP contribution in [0.15, 0.2) is 12.4 Å². The van der Waals surface area contributed by atoms with Crippen molar-refractivity contribution in [2.24, 2.45) is 13.0 Å². The molecule has 0 radical (unpaired) electrons. The predicted molar refractivity (Wildman–Crippen MR) is 70.3 cm³/mol. The minimum atomic E-state index is 0.0655. The average molecular weight is 250 g/mol. The number of hydrogen-bond donors (Lipinski definition) is 1. The highest BCUT2D eigenvalue weighted by Gasteiger charge is 2.20. The zero-order valence-corrected chi connectivity index (χ0v) is 11.2. The van der Waals surface area contributed by atoms with Crippen molar-refractivity contribution in [1.82, 2.24) is 19.8 Å². The first kappa shape index (κ1) is 12.9. The van der Waals surface area contributed by atoms with Crippen molar-refractivity contribution in [2.45, 2.75) is 26.2 Å². The van der Waals surface area contributed by atoms with Gasteiger partial charge in [-0.25, -0.2) is 9.78 Å². The molecule has 2 amide bonds. The maximum absolute atomic E-state index is 11.9. The molecule has 2 rings (SSSR count). The van der Waals surface area contributed by atoms with E-state index in [1.807, 2.05) is 22.7 Å². The maximum Gasteiger partial charge on any atom is 0.317 e. The van der Waals surface area contributed by atoms with Crippen LogP contribution >= 0.6 is 0 Å². The monoisotopic (exact) mass is 250 g/mol. The number of rotatable bonds is 3. The molecule has 1 unspecified atom stereocenters. The molecule has 1 atom stereocenters. The minimum absolute atomic E-state index is 0.0655. The summed E-state index contributed by atoms with van der Waals surface area (Å²) in [6.45, 7) is 4.62. The Hall–Kier alpha value is -1.52. The summed E-state index contributed by atoms with van der Waals surface area (Å²) >= 11 is 0. The number of nitrogens with zero attached hydrogens (tertiary/aromatic N) is 3. The number of urea groups is 1.